The third-order valence-electron chi connectivity index (χ3n) is 5.80. The highest BCUT2D eigenvalue weighted by molar-refractivity contribution is 4.78. The third-order valence-corrected chi connectivity index (χ3v) is 5.80. The molecule has 118 valence electrons. The van der Waals surface area contributed by atoms with Crippen LogP contribution in [0.1, 0.15) is 103 Å². The molecular formula is C19H37N. The van der Waals surface area contributed by atoms with Gasteiger partial charge >= 0.3 is 0 Å². The molecule has 0 radical (unpaired) electrons. The Morgan fingerprint density at radius 3 is 1.00 bits per heavy atom. The molecule has 2 saturated carbocycles. The van der Waals surface area contributed by atoms with Crippen LogP contribution in [0.25, 0.3) is 0 Å². The maximum Gasteiger partial charge on any atom is 0.00951 e. The number of hydrogen-bond donors (Lipinski definition) is 0. The fourth-order valence-corrected chi connectivity index (χ4v) is 4.34. The van der Waals surface area contributed by atoms with Crippen molar-refractivity contribution in [2.45, 2.75) is 115 Å². The van der Waals surface area contributed by atoms with Crippen LogP contribution in [0.2, 0.25) is 0 Å². The number of hydrogen-bond acceptors (Lipinski definition) is 1. The van der Waals surface area contributed by atoms with Crippen LogP contribution in [-0.4, -0.2) is 24.0 Å². The minimum Gasteiger partial charge on any atom is -0.300 e. The normalized spacial score (nSPS) is 26.1. The summed E-state index contributed by atoms with van der Waals surface area (Å²) in [7, 11) is 2.45. The van der Waals surface area contributed by atoms with E-state index in [2.05, 4.69) is 11.9 Å². The van der Waals surface area contributed by atoms with Crippen LogP contribution < -0.4 is 0 Å². The summed E-state index contributed by atoms with van der Waals surface area (Å²) in [6.45, 7) is 0. The predicted molar refractivity (Wildman–Crippen MR) is 89.2 cm³/mol. The van der Waals surface area contributed by atoms with E-state index in [1.54, 1.807) is 0 Å². The van der Waals surface area contributed by atoms with Crippen LogP contribution >= 0.6 is 0 Å². The molecule has 0 amide bonds. The van der Waals surface area contributed by atoms with Crippen molar-refractivity contribution in [1.82, 2.24) is 4.90 Å². The molecule has 20 heavy (non-hydrogen) atoms. The highest BCUT2D eigenvalue weighted by atomic mass is 15.2. The first kappa shape index (κ1) is 16.3. The summed E-state index contributed by atoms with van der Waals surface area (Å²) < 4.78 is 0. The van der Waals surface area contributed by atoms with E-state index in [0.29, 0.717) is 0 Å². The highest BCUT2D eigenvalue weighted by Crippen LogP contribution is 2.26. The molecule has 2 aliphatic carbocycles. The van der Waals surface area contributed by atoms with Gasteiger partial charge in [-0.05, 0) is 32.7 Å². The van der Waals surface area contributed by atoms with Gasteiger partial charge in [0.25, 0.3) is 0 Å². The Kier molecular flexibility index (Phi) is 8.02. The molecule has 0 saturated heterocycles. The lowest BCUT2D eigenvalue weighted by Gasteiger charge is -2.35. The first-order valence-electron chi connectivity index (χ1n) is 9.60. The van der Waals surface area contributed by atoms with Crippen molar-refractivity contribution < 1.29 is 0 Å². The van der Waals surface area contributed by atoms with Crippen LogP contribution in [0, 0.1) is 0 Å². The zero-order valence-electron chi connectivity index (χ0n) is 13.9. The summed E-state index contributed by atoms with van der Waals surface area (Å²) in [5.41, 5.74) is 0. The van der Waals surface area contributed by atoms with Crippen molar-refractivity contribution in [3.63, 3.8) is 0 Å². The lowest BCUT2D eigenvalue weighted by molar-refractivity contribution is 0.135. The van der Waals surface area contributed by atoms with Gasteiger partial charge in [-0.3, -0.25) is 0 Å². The summed E-state index contributed by atoms with van der Waals surface area (Å²) in [5.74, 6) is 0. The van der Waals surface area contributed by atoms with Crippen molar-refractivity contribution >= 4 is 0 Å². The SMILES string of the molecule is CN(C1CCCCCCCC1)C1CCCCCCCC1. The van der Waals surface area contributed by atoms with E-state index in [1.807, 2.05) is 0 Å². The zero-order chi connectivity index (χ0) is 14.0. The molecule has 1 heteroatoms. The smallest absolute Gasteiger partial charge is 0.00951 e. The quantitative estimate of drug-likeness (QED) is 0.606. The molecule has 0 aromatic heterocycles. The minimum absolute atomic E-state index is 0.888. The van der Waals surface area contributed by atoms with Gasteiger partial charge in [0.1, 0.15) is 0 Å². The van der Waals surface area contributed by atoms with Gasteiger partial charge in [-0.2, -0.15) is 0 Å². The molecule has 2 fully saturated rings. The van der Waals surface area contributed by atoms with Crippen LogP contribution in [0.15, 0.2) is 0 Å². The van der Waals surface area contributed by atoms with Gasteiger partial charge in [-0.1, -0.05) is 77.0 Å². The van der Waals surface area contributed by atoms with E-state index < -0.39 is 0 Å². The average Bonchev–Trinajstić information content (AvgIpc) is 2.69. The molecule has 0 bridgehead atoms. The number of rotatable bonds is 2. The second-order valence-electron chi connectivity index (χ2n) is 7.37. The number of nitrogens with zero attached hydrogens (tertiary/aromatic N) is 1. The topological polar surface area (TPSA) is 3.24 Å². The molecule has 0 aromatic carbocycles. The molecule has 1 nitrogen and oxygen atoms in total. The molecule has 2 aliphatic rings. The molecular weight excluding hydrogens is 242 g/mol. The fourth-order valence-electron chi connectivity index (χ4n) is 4.34. The molecule has 0 spiro atoms. The van der Waals surface area contributed by atoms with Gasteiger partial charge in [-0.15, -0.1) is 0 Å². The van der Waals surface area contributed by atoms with Crippen LogP contribution in [0.5, 0.6) is 0 Å². The maximum atomic E-state index is 2.82. The van der Waals surface area contributed by atoms with E-state index in [0.717, 1.165) is 12.1 Å². The van der Waals surface area contributed by atoms with E-state index in [-0.39, 0.29) is 0 Å². The third kappa shape index (κ3) is 5.76. The van der Waals surface area contributed by atoms with Gasteiger partial charge in [0.15, 0.2) is 0 Å². The molecule has 2 rings (SSSR count). The summed E-state index contributed by atoms with van der Waals surface area (Å²) in [5, 5.41) is 0. The minimum atomic E-state index is 0.888. The van der Waals surface area contributed by atoms with Crippen LogP contribution in [0.3, 0.4) is 0 Å². The molecule has 0 N–H and O–H groups in total. The van der Waals surface area contributed by atoms with E-state index in [9.17, 15) is 0 Å². The Morgan fingerprint density at radius 2 is 0.700 bits per heavy atom. The average molecular weight is 280 g/mol. The Bertz CT molecular complexity index is 194. The second-order valence-corrected chi connectivity index (χ2v) is 7.37. The second kappa shape index (κ2) is 9.82. The Labute approximate surface area is 127 Å². The molecule has 0 atom stereocenters. The van der Waals surface area contributed by atoms with Gasteiger partial charge < -0.3 is 4.90 Å². The molecule has 0 aromatic rings. The largest absolute Gasteiger partial charge is 0.300 e. The van der Waals surface area contributed by atoms with E-state index in [1.165, 1.54) is 103 Å². The van der Waals surface area contributed by atoms with E-state index >= 15 is 0 Å². The summed E-state index contributed by atoms with van der Waals surface area (Å²) >= 11 is 0. The molecule has 0 heterocycles. The molecule has 0 aliphatic heterocycles. The predicted octanol–water partition coefficient (Wildman–Crippen LogP) is 5.92. The van der Waals surface area contributed by atoms with Gasteiger partial charge in [0.2, 0.25) is 0 Å². The van der Waals surface area contributed by atoms with Gasteiger partial charge in [0.05, 0.1) is 0 Å². The van der Waals surface area contributed by atoms with Crippen LogP contribution in [0.4, 0.5) is 0 Å². The summed E-state index contributed by atoms with van der Waals surface area (Å²) in [6.07, 6.45) is 23.6. The monoisotopic (exact) mass is 279 g/mol. The van der Waals surface area contributed by atoms with Crippen molar-refractivity contribution in [3.05, 3.63) is 0 Å². The van der Waals surface area contributed by atoms with E-state index in [4.69, 9.17) is 0 Å². The lowest BCUT2D eigenvalue weighted by atomic mass is 9.97. The fraction of sp³-hybridized carbons (Fsp3) is 1.00. The van der Waals surface area contributed by atoms with Crippen molar-refractivity contribution in [1.29, 1.82) is 0 Å². The zero-order valence-corrected chi connectivity index (χ0v) is 13.9. The highest BCUT2D eigenvalue weighted by Gasteiger charge is 2.22. The first-order chi connectivity index (χ1) is 9.88. The van der Waals surface area contributed by atoms with Crippen molar-refractivity contribution in [3.8, 4) is 0 Å². The summed E-state index contributed by atoms with van der Waals surface area (Å²) in [4.78, 5) is 2.82. The Hall–Kier alpha value is -0.0400. The first-order valence-corrected chi connectivity index (χ1v) is 9.60. The van der Waals surface area contributed by atoms with Gasteiger partial charge in [0, 0.05) is 12.1 Å². The van der Waals surface area contributed by atoms with Crippen molar-refractivity contribution in [2.24, 2.45) is 0 Å². The standard InChI is InChI=1S/C19H37N/c1-20(18-14-10-6-2-3-7-11-15-18)19-16-12-8-4-5-9-13-17-19/h18-19H,2-17H2,1H3. The Balaban J connectivity index is 1.85. The Morgan fingerprint density at radius 1 is 0.450 bits per heavy atom. The summed E-state index contributed by atoms with van der Waals surface area (Å²) in [6, 6.07) is 1.78. The van der Waals surface area contributed by atoms with Gasteiger partial charge in [-0.25, -0.2) is 0 Å². The molecule has 0 unspecified atom stereocenters. The lowest BCUT2D eigenvalue weighted by Crippen LogP contribution is -2.40. The maximum absolute atomic E-state index is 2.82. The van der Waals surface area contributed by atoms with Crippen LogP contribution in [-0.2, 0) is 0 Å². The van der Waals surface area contributed by atoms with Crippen molar-refractivity contribution in [2.75, 3.05) is 7.05 Å².